The predicted molar refractivity (Wildman–Crippen MR) is 55.4 cm³/mol. The standard InChI is InChI=1S/C10H22N2O/c1-5-10(3,4)9(13)12(6-2)8-7-11/h5-8,11H2,1-4H3. The van der Waals surface area contributed by atoms with Crippen LogP contribution in [0.15, 0.2) is 0 Å². The van der Waals surface area contributed by atoms with Gasteiger partial charge >= 0.3 is 0 Å². The zero-order valence-corrected chi connectivity index (χ0v) is 9.26. The minimum atomic E-state index is -0.245. The van der Waals surface area contributed by atoms with Crippen LogP contribution in [0.1, 0.15) is 34.1 Å². The molecule has 0 heterocycles. The summed E-state index contributed by atoms with van der Waals surface area (Å²) in [5, 5.41) is 0. The molecule has 0 aliphatic heterocycles. The fourth-order valence-corrected chi connectivity index (χ4v) is 1.14. The highest BCUT2D eigenvalue weighted by Crippen LogP contribution is 2.22. The quantitative estimate of drug-likeness (QED) is 0.702. The first-order valence-corrected chi connectivity index (χ1v) is 4.99. The van der Waals surface area contributed by atoms with Crippen LogP contribution >= 0.6 is 0 Å². The highest BCUT2D eigenvalue weighted by Gasteiger charge is 2.28. The van der Waals surface area contributed by atoms with Gasteiger partial charge in [0.1, 0.15) is 0 Å². The molecule has 0 saturated heterocycles. The van der Waals surface area contributed by atoms with Crippen LogP contribution in [0, 0.1) is 5.41 Å². The molecule has 3 nitrogen and oxygen atoms in total. The third-order valence-corrected chi connectivity index (χ3v) is 2.53. The van der Waals surface area contributed by atoms with Crippen molar-refractivity contribution in [3.8, 4) is 0 Å². The zero-order chi connectivity index (χ0) is 10.5. The van der Waals surface area contributed by atoms with Crippen molar-refractivity contribution in [1.29, 1.82) is 0 Å². The molecule has 0 saturated carbocycles. The molecule has 0 atom stereocenters. The summed E-state index contributed by atoms with van der Waals surface area (Å²) >= 11 is 0. The number of nitrogens with zero attached hydrogens (tertiary/aromatic N) is 1. The minimum absolute atomic E-state index is 0.211. The van der Waals surface area contributed by atoms with E-state index in [9.17, 15) is 4.79 Å². The Labute approximate surface area is 81.3 Å². The molecule has 0 radical (unpaired) electrons. The Hall–Kier alpha value is -0.570. The van der Waals surface area contributed by atoms with E-state index in [-0.39, 0.29) is 11.3 Å². The molecule has 13 heavy (non-hydrogen) atoms. The topological polar surface area (TPSA) is 46.3 Å². The van der Waals surface area contributed by atoms with E-state index in [2.05, 4.69) is 0 Å². The normalized spacial score (nSPS) is 11.5. The minimum Gasteiger partial charge on any atom is -0.341 e. The van der Waals surface area contributed by atoms with Gasteiger partial charge in [-0.2, -0.15) is 0 Å². The lowest BCUT2D eigenvalue weighted by Crippen LogP contribution is -2.42. The first kappa shape index (κ1) is 12.4. The van der Waals surface area contributed by atoms with Crippen LogP contribution < -0.4 is 5.73 Å². The maximum atomic E-state index is 11.9. The number of hydrogen-bond acceptors (Lipinski definition) is 2. The molecular formula is C10H22N2O. The highest BCUT2D eigenvalue weighted by molar-refractivity contribution is 5.81. The largest absolute Gasteiger partial charge is 0.341 e. The number of likely N-dealkylation sites (N-methyl/N-ethyl adjacent to an activating group) is 1. The van der Waals surface area contributed by atoms with Crippen LogP contribution in [0.5, 0.6) is 0 Å². The van der Waals surface area contributed by atoms with Crippen molar-refractivity contribution >= 4 is 5.91 Å². The van der Waals surface area contributed by atoms with E-state index >= 15 is 0 Å². The summed E-state index contributed by atoms with van der Waals surface area (Å²) in [6, 6.07) is 0. The average molecular weight is 186 g/mol. The first-order valence-electron chi connectivity index (χ1n) is 4.99. The fourth-order valence-electron chi connectivity index (χ4n) is 1.14. The van der Waals surface area contributed by atoms with Crippen LogP contribution in [0.4, 0.5) is 0 Å². The number of carbonyl (C=O) groups is 1. The van der Waals surface area contributed by atoms with Gasteiger partial charge in [-0.25, -0.2) is 0 Å². The zero-order valence-electron chi connectivity index (χ0n) is 9.26. The molecule has 0 aliphatic rings. The second-order valence-corrected chi connectivity index (χ2v) is 3.91. The van der Waals surface area contributed by atoms with Gasteiger partial charge in [-0.15, -0.1) is 0 Å². The number of carbonyl (C=O) groups excluding carboxylic acids is 1. The Balaban J connectivity index is 4.36. The van der Waals surface area contributed by atoms with Gasteiger partial charge in [0.2, 0.25) is 5.91 Å². The van der Waals surface area contributed by atoms with Gasteiger partial charge in [0.05, 0.1) is 0 Å². The molecule has 1 amide bonds. The van der Waals surface area contributed by atoms with Gasteiger partial charge < -0.3 is 10.6 Å². The molecule has 0 rings (SSSR count). The van der Waals surface area contributed by atoms with Crippen LogP contribution in [0.2, 0.25) is 0 Å². The molecule has 2 N–H and O–H groups in total. The number of hydrogen-bond donors (Lipinski definition) is 1. The maximum absolute atomic E-state index is 11.9. The molecule has 0 aliphatic carbocycles. The summed E-state index contributed by atoms with van der Waals surface area (Å²) in [6.45, 7) is 9.94. The summed E-state index contributed by atoms with van der Waals surface area (Å²) < 4.78 is 0. The Morgan fingerprint density at radius 3 is 2.23 bits per heavy atom. The van der Waals surface area contributed by atoms with Crippen molar-refractivity contribution in [3.05, 3.63) is 0 Å². The van der Waals surface area contributed by atoms with E-state index in [0.717, 1.165) is 13.0 Å². The molecular weight excluding hydrogens is 164 g/mol. The predicted octanol–water partition coefficient (Wildman–Crippen LogP) is 1.23. The second-order valence-electron chi connectivity index (χ2n) is 3.91. The molecule has 0 aromatic heterocycles. The van der Waals surface area contributed by atoms with Crippen molar-refractivity contribution < 1.29 is 4.79 Å². The second kappa shape index (κ2) is 5.22. The van der Waals surface area contributed by atoms with Crippen LogP contribution in [-0.4, -0.2) is 30.4 Å². The van der Waals surface area contributed by atoms with Gasteiger partial charge in [-0.05, 0) is 13.3 Å². The maximum Gasteiger partial charge on any atom is 0.228 e. The molecule has 0 aromatic rings. The molecule has 0 unspecified atom stereocenters. The van der Waals surface area contributed by atoms with Gasteiger partial charge in [-0.3, -0.25) is 4.79 Å². The van der Waals surface area contributed by atoms with Crippen molar-refractivity contribution in [2.24, 2.45) is 11.1 Å². The molecule has 0 bridgehead atoms. The SMILES string of the molecule is CCN(CCN)C(=O)C(C)(C)CC. The van der Waals surface area contributed by atoms with Crippen LogP contribution in [0.3, 0.4) is 0 Å². The van der Waals surface area contributed by atoms with Gasteiger partial charge in [-0.1, -0.05) is 20.8 Å². The van der Waals surface area contributed by atoms with E-state index in [4.69, 9.17) is 5.73 Å². The van der Waals surface area contributed by atoms with E-state index < -0.39 is 0 Å². The summed E-state index contributed by atoms with van der Waals surface area (Å²) in [5.74, 6) is 0.211. The van der Waals surface area contributed by atoms with E-state index in [1.54, 1.807) is 0 Å². The van der Waals surface area contributed by atoms with Crippen LogP contribution in [0.25, 0.3) is 0 Å². The number of rotatable bonds is 5. The molecule has 78 valence electrons. The average Bonchev–Trinajstić information content (AvgIpc) is 2.13. The Morgan fingerprint density at radius 1 is 1.38 bits per heavy atom. The summed E-state index contributed by atoms with van der Waals surface area (Å²) in [7, 11) is 0. The highest BCUT2D eigenvalue weighted by atomic mass is 16.2. The first-order chi connectivity index (χ1) is 5.99. The molecule has 0 fully saturated rings. The van der Waals surface area contributed by atoms with Gasteiger partial charge in [0.15, 0.2) is 0 Å². The Morgan fingerprint density at radius 2 is 1.92 bits per heavy atom. The number of amides is 1. The summed E-state index contributed by atoms with van der Waals surface area (Å²) in [6.07, 6.45) is 0.868. The summed E-state index contributed by atoms with van der Waals surface area (Å²) in [4.78, 5) is 13.7. The summed E-state index contributed by atoms with van der Waals surface area (Å²) in [5.41, 5.74) is 5.19. The van der Waals surface area contributed by atoms with Crippen molar-refractivity contribution in [2.45, 2.75) is 34.1 Å². The fraction of sp³-hybridized carbons (Fsp3) is 0.900. The van der Waals surface area contributed by atoms with E-state index in [1.165, 1.54) is 0 Å². The Bertz CT molecular complexity index is 166. The lowest BCUT2D eigenvalue weighted by molar-refractivity contribution is -0.140. The molecule has 0 aromatic carbocycles. The van der Waals surface area contributed by atoms with E-state index in [0.29, 0.717) is 13.1 Å². The monoisotopic (exact) mass is 186 g/mol. The third kappa shape index (κ3) is 3.35. The van der Waals surface area contributed by atoms with Crippen LogP contribution in [-0.2, 0) is 4.79 Å². The van der Waals surface area contributed by atoms with Gasteiger partial charge in [0, 0.05) is 25.0 Å². The smallest absolute Gasteiger partial charge is 0.228 e. The van der Waals surface area contributed by atoms with E-state index in [1.807, 2.05) is 32.6 Å². The Kier molecular flexibility index (Phi) is 4.99. The third-order valence-electron chi connectivity index (χ3n) is 2.53. The molecule has 0 spiro atoms. The van der Waals surface area contributed by atoms with Crippen molar-refractivity contribution in [3.63, 3.8) is 0 Å². The van der Waals surface area contributed by atoms with Crippen molar-refractivity contribution in [2.75, 3.05) is 19.6 Å². The molecule has 3 heteroatoms. The lowest BCUT2D eigenvalue weighted by Gasteiger charge is -2.30. The van der Waals surface area contributed by atoms with Crippen molar-refractivity contribution in [1.82, 2.24) is 4.90 Å². The number of nitrogens with two attached hydrogens (primary N) is 1. The van der Waals surface area contributed by atoms with Gasteiger partial charge in [0.25, 0.3) is 0 Å². The lowest BCUT2D eigenvalue weighted by atomic mass is 9.88.